The van der Waals surface area contributed by atoms with E-state index in [1.165, 1.54) is 14.0 Å². The summed E-state index contributed by atoms with van der Waals surface area (Å²) < 4.78 is 11.1. The molecule has 4 aromatic rings. The van der Waals surface area contributed by atoms with E-state index in [0.717, 1.165) is 66.0 Å². The first-order valence-corrected chi connectivity index (χ1v) is 14.5. The molecule has 1 fully saturated rings. The highest BCUT2D eigenvalue weighted by Gasteiger charge is 2.22. The highest BCUT2D eigenvalue weighted by molar-refractivity contribution is 6.10. The molecule has 3 N–H and O–H groups in total. The molecule has 0 aliphatic carbocycles. The molecule has 1 aliphatic rings. The van der Waals surface area contributed by atoms with Gasteiger partial charge in [0.25, 0.3) is 0 Å². The van der Waals surface area contributed by atoms with Crippen LogP contribution < -0.4 is 20.7 Å². The largest absolute Gasteiger partial charge is 0.492 e. The van der Waals surface area contributed by atoms with Crippen molar-refractivity contribution < 1.29 is 19.1 Å². The Hall–Kier alpha value is -4.47. The second-order valence-electron chi connectivity index (χ2n) is 11.7. The third-order valence-corrected chi connectivity index (χ3v) is 7.52. The number of carbonyl (C=O) groups excluding carboxylic acids is 2. The lowest BCUT2D eigenvalue weighted by molar-refractivity contribution is -0.114. The molecule has 1 aromatic heterocycles. The molecular formula is C34H39N5O4. The van der Waals surface area contributed by atoms with Crippen LogP contribution in [0.15, 0.2) is 66.9 Å². The lowest BCUT2D eigenvalue weighted by atomic mass is 9.86. The number of rotatable bonds is 7. The molecule has 1 saturated heterocycles. The molecule has 2 heterocycles. The number of methoxy groups -OCH3 is 1. The molecule has 9 heteroatoms. The van der Waals surface area contributed by atoms with Crippen molar-refractivity contribution in [3.05, 3.63) is 78.1 Å². The molecule has 0 bridgehead atoms. The molecule has 0 saturated carbocycles. The highest BCUT2D eigenvalue weighted by Crippen LogP contribution is 2.39. The van der Waals surface area contributed by atoms with Crippen LogP contribution in [0.3, 0.4) is 0 Å². The summed E-state index contributed by atoms with van der Waals surface area (Å²) >= 11 is 0. The van der Waals surface area contributed by atoms with Gasteiger partial charge in [-0.2, -0.15) is 0 Å². The summed E-state index contributed by atoms with van der Waals surface area (Å²) in [5.74, 6) is 0.149. The van der Waals surface area contributed by atoms with E-state index < -0.39 is 6.03 Å². The maximum atomic E-state index is 13.4. The van der Waals surface area contributed by atoms with E-state index in [1.807, 2.05) is 54.7 Å². The first-order chi connectivity index (χ1) is 20.6. The zero-order chi connectivity index (χ0) is 30.6. The molecule has 1 aliphatic heterocycles. The topological polar surface area (TPSA) is 105 Å². The van der Waals surface area contributed by atoms with E-state index in [-0.39, 0.29) is 11.3 Å². The average molecular weight is 582 g/mol. The predicted octanol–water partition coefficient (Wildman–Crippen LogP) is 6.64. The number of benzene rings is 3. The Morgan fingerprint density at radius 3 is 2.21 bits per heavy atom. The number of hydrogen-bond donors (Lipinski definition) is 3. The number of carbonyl (C=O) groups is 2. The number of nitrogens with zero attached hydrogens (tertiary/aromatic N) is 2. The summed E-state index contributed by atoms with van der Waals surface area (Å²) in [6, 6.07) is 19.4. The van der Waals surface area contributed by atoms with Gasteiger partial charge in [-0.05, 0) is 46.2 Å². The molecule has 0 atom stereocenters. The number of fused-ring (bicyclic) bond motifs is 1. The van der Waals surface area contributed by atoms with Crippen molar-refractivity contribution in [3.63, 3.8) is 0 Å². The lowest BCUT2D eigenvalue weighted by Crippen LogP contribution is -2.35. The van der Waals surface area contributed by atoms with E-state index in [2.05, 4.69) is 53.8 Å². The highest BCUT2D eigenvalue weighted by atomic mass is 16.5. The van der Waals surface area contributed by atoms with E-state index >= 15 is 0 Å². The van der Waals surface area contributed by atoms with Crippen LogP contribution in [0.1, 0.15) is 39.0 Å². The van der Waals surface area contributed by atoms with Crippen LogP contribution in [0.25, 0.3) is 21.9 Å². The van der Waals surface area contributed by atoms with Gasteiger partial charge in [0.2, 0.25) is 5.91 Å². The number of hydrogen-bond acceptors (Lipinski definition) is 6. The Morgan fingerprint density at radius 1 is 0.907 bits per heavy atom. The number of urea groups is 1. The van der Waals surface area contributed by atoms with Gasteiger partial charge in [0.15, 0.2) is 5.75 Å². The first kappa shape index (κ1) is 30.0. The van der Waals surface area contributed by atoms with Gasteiger partial charge in [-0.1, -0.05) is 57.2 Å². The Bertz CT molecular complexity index is 1620. The standard InChI is InChI=1S/C34H39N5O4/c1-22(40)36-30-18-24(34(2,3)4)19-31(32(30)42-5)38-33(41)37-29-13-12-26(27-8-6-7-9-28(27)29)23-10-11-25(35-20-23)21-39-14-16-43-17-15-39/h6-13,18-20H,14-17,21H2,1-5H3,(H,36,40)(H2,37,38,41). The average Bonchev–Trinajstić information content (AvgIpc) is 2.97. The molecule has 0 radical (unpaired) electrons. The minimum atomic E-state index is -0.426. The fourth-order valence-electron chi connectivity index (χ4n) is 5.26. The second kappa shape index (κ2) is 12.8. The van der Waals surface area contributed by atoms with Crippen LogP contribution in [0.4, 0.5) is 21.9 Å². The molecule has 43 heavy (non-hydrogen) atoms. The summed E-state index contributed by atoms with van der Waals surface area (Å²) in [4.78, 5) is 32.3. The van der Waals surface area contributed by atoms with Crippen LogP contribution in [0.5, 0.6) is 5.75 Å². The number of nitrogens with one attached hydrogen (secondary N) is 3. The molecule has 5 rings (SSSR count). The summed E-state index contributed by atoms with van der Waals surface area (Å²) in [6.07, 6.45) is 1.92. The minimum absolute atomic E-state index is 0.228. The predicted molar refractivity (Wildman–Crippen MR) is 172 cm³/mol. The van der Waals surface area contributed by atoms with Gasteiger partial charge in [0.05, 0.1) is 43.1 Å². The molecule has 9 nitrogen and oxygen atoms in total. The minimum Gasteiger partial charge on any atom is -0.492 e. The van der Waals surface area contributed by atoms with E-state index in [9.17, 15) is 9.59 Å². The molecular weight excluding hydrogens is 542 g/mol. The number of amides is 3. The molecule has 3 amide bonds. The zero-order valence-electron chi connectivity index (χ0n) is 25.4. The third-order valence-electron chi connectivity index (χ3n) is 7.52. The van der Waals surface area contributed by atoms with E-state index in [0.29, 0.717) is 22.8 Å². The molecule has 3 aromatic carbocycles. The summed E-state index contributed by atoms with van der Waals surface area (Å²) in [5, 5.41) is 10.7. The van der Waals surface area contributed by atoms with Crippen molar-refractivity contribution in [2.24, 2.45) is 0 Å². The number of morpholine rings is 1. The van der Waals surface area contributed by atoms with Gasteiger partial charge in [0.1, 0.15) is 0 Å². The van der Waals surface area contributed by atoms with Crippen LogP contribution >= 0.6 is 0 Å². The van der Waals surface area contributed by atoms with Crippen LogP contribution in [0, 0.1) is 0 Å². The van der Waals surface area contributed by atoms with Crippen LogP contribution in [0.2, 0.25) is 0 Å². The van der Waals surface area contributed by atoms with Gasteiger partial charge >= 0.3 is 6.03 Å². The fourth-order valence-corrected chi connectivity index (χ4v) is 5.26. The van der Waals surface area contributed by atoms with Crippen molar-refractivity contribution in [3.8, 4) is 16.9 Å². The van der Waals surface area contributed by atoms with Gasteiger partial charge in [0, 0.05) is 43.7 Å². The number of pyridine rings is 1. The number of ether oxygens (including phenoxy) is 2. The fraction of sp³-hybridized carbons (Fsp3) is 0.324. The van der Waals surface area contributed by atoms with Crippen molar-refractivity contribution in [1.82, 2.24) is 9.88 Å². The van der Waals surface area contributed by atoms with Crippen LogP contribution in [-0.2, 0) is 21.5 Å². The normalized spacial score (nSPS) is 13.9. The van der Waals surface area contributed by atoms with Gasteiger partial charge in [-0.3, -0.25) is 14.7 Å². The molecule has 0 spiro atoms. The van der Waals surface area contributed by atoms with Crippen LogP contribution in [-0.4, -0.2) is 55.2 Å². The Morgan fingerprint density at radius 2 is 1.58 bits per heavy atom. The number of aromatic nitrogens is 1. The van der Waals surface area contributed by atoms with Gasteiger partial charge in [-0.25, -0.2) is 4.79 Å². The maximum Gasteiger partial charge on any atom is 0.323 e. The zero-order valence-corrected chi connectivity index (χ0v) is 25.4. The Kier molecular flexibility index (Phi) is 8.94. The SMILES string of the molecule is COc1c(NC(C)=O)cc(C(C)(C)C)cc1NC(=O)Nc1ccc(-c2ccc(CN3CCOCC3)nc2)c2ccccc12. The van der Waals surface area contributed by atoms with Crippen molar-refractivity contribution >= 4 is 39.8 Å². The smallest absolute Gasteiger partial charge is 0.323 e. The quantitative estimate of drug-likeness (QED) is 0.226. The molecule has 224 valence electrons. The summed E-state index contributed by atoms with van der Waals surface area (Å²) in [5.41, 5.74) is 5.40. The number of anilines is 3. The maximum absolute atomic E-state index is 13.4. The first-order valence-electron chi connectivity index (χ1n) is 14.5. The van der Waals surface area contributed by atoms with E-state index in [4.69, 9.17) is 14.5 Å². The third kappa shape index (κ3) is 7.13. The Labute approximate surface area is 252 Å². The van der Waals surface area contributed by atoms with Crippen molar-refractivity contribution in [1.29, 1.82) is 0 Å². The van der Waals surface area contributed by atoms with Crippen molar-refractivity contribution in [2.45, 2.75) is 39.7 Å². The van der Waals surface area contributed by atoms with E-state index in [1.54, 1.807) is 0 Å². The van der Waals surface area contributed by atoms with Gasteiger partial charge < -0.3 is 25.4 Å². The Balaban J connectivity index is 1.39. The lowest BCUT2D eigenvalue weighted by Gasteiger charge is -2.26. The molecule has 0 unspecified atom stereocenters. The monoisotopic (exact) mass is 581 g/mol. The van der Waals surface area contributed by atoms with Crippen molar-refractivity contribution in [2.75, 3.05) is 49.4 Å². The van der Waals surface area contributed by atoms with Gasteiger partial charge in [-0.15, -0.1) is 0 Å². The summed E-state index contributed by atoms with van der Waals surface area (Å²) in [7, 11) is 1.51. The second-order valence-corrected chi connectivity index (χ2v) is 11.7. The summed E-state index contributed by atoms with van der Waals surface area (Å²) in [6.45, 7) is 11.8.